The van der Waals surface area contributed by atoms with Gasteiger partial charge < -0.3 is 9.84 Å². The van der Waals surface area contributed by atoms with Crippen LogP contribution in [0.15, 0.2) is 46.3 Å². The number of aromatic nitrogens is 3. The van der Waals surface area contributed by atoms with Crippen molar-refractivity contribution < 1.29 is 9.32 Å². The molecule has 0 spiro atoms. The standard InChI is InChI=1S/C14H14N4O2S/c1-9-7-12(17-20-9)16-13(19)10(2)21-14-15-8-11-5-3-4-6-18(11)14/h3-8,10H,1-2H3,(H,16,17,19). The highest BCUT2D eigenvalue weighted by Gasteiger charge is 2.18. The average molecular weight is 302 g/mol. The number of aryl methyl sites for hydroxylation is 1. The number of imidazole rings is 1. The van der Waals surface area contributed by atoms with Crippen molar-refractivity contribution in [2.75, 3.05) is 5.32 Å². The van der Waals surface area contributed by atoms with E-state index in [1.165, 1.54) is 11.8 Å². The van der Waals surface area contributed by atoms with Gasteiger partial charge in [0.25, 0.3) is 0 Å². The van der Waals surface area contributed by atoms with Crippen LogP contribution in [-0.4, -0.2) is 25.7 Å². The average Bonchev–Trinajstić information content (AvgIpc) is 3.06. The van der Waals surface area contributed by atoms with Crippen LogP contribution in [0.4, 0.5) is 5.82 Å². The number of carbonyl (C=O) groups is 1. The zero-order chi connectivity index (χ0) is 14.8. The molecule has 0 fully saturated rings. The summed E-state index contributed by atoms with van der Waals surface area (Å²) in [5.41, 5.74) is 1.000. The summed E-state index contributed by atoms with van der Waals surface area (Å²) in [6, 6.07) is 7.54. The van der Waals surface area contributed by atoms with Gasteiger partial charge >= 0.3 is 0 Å². The lowest BCUT2D eigenvalue weighted by molar-refractivity contribution is -0.115. The van der Waals surface area contributed by atoms with E-state index < -0.39 is 0 Å². The van der Waals surface area contributed by atoms with Crippen molar-refractivity contribution in [2.24, 2.45) is 0 Å². The van der Waals surface area contributed by atoms with Gasteiger partial charge in [0.2, 0.25) is 5.91 Å². The van der Waals surface area contributed by atoms with E-state index in [9.17, 15) is 4.79 Å². The number of hydrogen-bond donors (Lipinski definition) is 1. The van der Waals surface area contributed by atoms with Crippen LogP contribution in [0.25, 0.3) is 5.52 Å². The van der Waals surface area contributed by atoms with Gasteiger partial charge in [-0.05, 0) is 26.0 Å². The zero-order valence-electron chi connectivity index (χ0n) is 11.6. The molecule has 3 rings (SSSR count). The quantitative estimate of drug-likeness (QED) is 0.750. The number of nitrogens with zero attached hydrogens (tertiary/aromatic N) is 3. The molecule has 0 aliphatic carbocycles. The minimum absolute atomic E-state index is 0.138. The van der Waals surface area contributed by atoms with Crippen LogP contribution < -0.4 is 5.32 Å². The number of rotatable bonds is 4. The Balaban J connectivity index is 1.70. The highest BCUT2D eigenvalue weighted by atomic mass is 32.2. The fraction of sp³-hybridized carbons (Fsp3) is 0.214. The Kier molecular flexibility index (Phi) is 3.66. The third-order valence-electron chi connectivity index (χ3n) is 2.94. The highest BCUT2D eigenvalue weighted by molar-refractivity contribution is 8.00. The summed E-state index contributed by atoms with van der Waals surface area (Å²) >= 11 is 1.40. The van der Waals surface area contributed by atoms with Gasteiger partial charge in [0, 0.05) is 12.3 Å². The molecule has 3 heterocycles. The summed E-state index contributed by atoms with van der Waals surface area (Å²) in [6.45, 7) is 3.61. The second-order valence-corrected chi connectivity index (χ2v) is 5.92. The first-order valence-electron chi connectivity index (χ1n) is 6.46. The number of nitrogens with one attached hydrogen (secondary N) is 1. The van der Waals surface area contributed by atoms with Crippen LogP contribution >= 0.6 is 11.8 Å². The molecule has 0 saturated carbocycles. The molecular weight excluding hydrogens is 288 g/mol. The molecule has 21 heavy (non-hydrogen) atoms. The molecule has 1 unspecified atom stereocenters. The molecule has 1 atom stereocenters. The SMILES string of the molecule is Cc1cc(NC(=O)C(C)Sc2ncc3ccccn23)no1. The number of carbonyl (C=O) groups excluding carboxylic acids is 1. The van der Waals surface area contributed by atoms with Gasteiger partial charge in [-0.3, -0.25) is 9.20 Å². The summed E-state index contributed by atoms with van der Waals surface area (Å²) in [6.07, 6.45) is 3.71. The van der Waals surface area contributed by atoms with E-state index in [2.05, 4.69) is 15.5 Å². The Morgan fingerprint density at radius 3 is 3.10 bits per heavy atom. The Morgan fingerprint density at radius 1 is 1.48 bits per heavy atom. The lowest BCUT2D eigenvalue weighted by Gasteiger charge is -2.09. The maximum atomic E-state index is 12.1. The normalized spacial score (nSPS) is 12.5. The molecule has 108 valence electrons. The Hall–Kier alpha value is -2.28. The molecule has 1 N–H and O–H groups in total. The molecule has 0 aliphatic heterocycles. The summed E-state index contributed by atoms with van der Waals surface area (Å²) in [4.78, 5) is 16.5. The molecule has 0 aliphatic rings. The van der Waals surface area contributed by atoms with Gasteiger partial charge in [-0.1, -0.05) is 23.0 Å². The van der Waals surface area contributed by atoms with E-state index in [4.69, 9.17) is 4.52 Å². The Labute approximate surface area is 125 Å². The Bertz CT molecular complexity index is 780. The van der Waals surface area contributed by atoms with Gasteiger partial charge in [0.05, 0.1) is 17.0 Å². The van der Waals surface area contributed by atoms with Crippen LogP contribution in [0.5, 0.6) is 0 Å². The monoisotopic (exact) mass is 302 g/mol. The first-order chi connectivity index (χ1) is 10.1. The molecule has 3 aromatic rings. The summed E-state index contributed by atoms with van der Waals surface area (Å²) < 4.78 is 6.87. The molecule has 0 aromatic carbocycles. The second-order valence-electron chi connectivity index (χ2n) is 4.61. The topological polar surface area (TPSA) is 72.4 Å². The van der Waals surface area contributed by atoms with Crippen LogP contribution in [0, 0.1) is 6.92 Å². The van der Waals surface area contributed by atoms with E-state index in [1.807, 2.05) is 35.7 Å². The number of pyridine rings is 1. The number of anilines is 1. The minimum atomic E-state index is -0.298. The third-order valence-corrected chi connectivity index (χ3v) is 4.02. The van der Waals surface area contributed by atoms with Crippen LogP contribution in [0.2, 0.25) is 0 Å². The van der Waals surface area contributed by atoms with Crippen molar-refractivity contribution in [1.29, 1.82) is 0 Å². The maximum absolute atomic E-state index is 12.1. The summed E-state index contributed by atoms with van der Waals surface area (Å²) in [5.74, 6) is 0.948. The van der Waals surface area contributed by atoms with Crippen molar-refractivity contribution in [3.63, 3.8) is 0 Å². The van der Waals surface area contributed by atoms with Crippen molar-refractivity contribution in [3.05, 3.63) is 42.4 Å². The fourth-order valence-corrected chi connectivity index (χ4v) is 2.75. The Morgan fingerprint density at radius 2 is 2.33 bits per heavy atom. The number of thioether (sulfide) groups is 1. The van der Waals surface area contributed by atoms with Crippen molar-refractivity contribution >= 4 is 29.0 Å². The van der Waals surface area contributed by atoms with Crippen molar-refractivity contribution in [3.8, 4) is 0 Å². The van der Waals surface area contributed by atoms with Gasteiger partial charge in [-0.2, -0.15) is 0 Å². The van der Waals surface area contributed by atoms with Crippen molar-refractivity contribution in [2.45, 2.75) is 24.3 Å². The summed E-state index contributed by atoms with van der Waals surface area (Å²) in [7, 11) is 0. The van der Waals surface area contributed by atoms with Gasteiger partial charge in [0.1, 0.15) is 5.76 Å². The highest BCUT2D eigenvalue weighted by Crippen LogP contribution is 2.24. The predicted molar refractivity (Wildman–Crippen MR) is 80.4 cm³/mol. The first kappa shape index (κ1) is 13.7. The smallest absolute Gasteiger partial charge is 0.238 e. The summed E-state index contributed by atoms with van der Waals surface area (Å²) in [5, 5.41) is 6.95. The van der Waals surface area contributed by atoms with E-state index in [-0.39, 0.29) is 11.2 Å². The number of fused-ring (bicyclic) bond motifs is 1. The molecule has 6 nitrogen and oxygen atoms in total. The molecule has 1 amide bonds. The lowest BCUT2D eigenvalue weighted by atomic mass is 10.4. The maximum Gasteiger partial charge on any atom is 0.238 e. The van der Waals surface area contributed by atoms with Gasteiger partial charge in [0.15, 0.2) is 11.0 Å². The lowest BCUT2D eigenvalue weighted by Crippen LogP contribution is -2.22. The molecule has 7 heteroatoms. The van der Waals surface area contributed by atoms with E-state index in [0.717, 1.165) is 10.7 Å². The fourth-order valence-electron chi connectivity index (χ4n) is 1.87. The number of hydrogen-bond acceptors (Lipinski definition) is 5. The van der Waals surface area contributed by atoms with Gasteiger partial charge in [-0.25, -0.2) is 4.98 Å². The first-order valence-corrected chi connectivity index (χ1v) is 7.34. The zero-order valence-corrected chi connectivity index (χ0v) is 12.4. The van der Waals surface area contributed by atoms with Crippen LogP contribution in [0.3, 0.4) is 0 Å². The third kappa shape index (κ3) is 2.92. The van der Waals surface area contributed by atoms with Crippen LogP contribution in [0.1, 0.15) is 12.7 Å². The minimum Gasteiger partial charge on any atom is -0.360 e. The molecular formula is C14H14N4O2S. The predicted octanol–water partition coefficient (Wildman–Crippen LogP) is 2.75. The van der Waals surface area contributed by atoms with E-state index in [0.29, 0.717) is 11.6 Å². The molecule has 0 bridgehead atoms. The van der Waals surface area contributed by atoms with E-state index in [1.54, 1.807) is 19.2 Å². The molecule has 0 saturated heterocycles. The van der Waals surface area contributed by atoms with Gasteiger partial charge in [-0.15, -0.1) is 0 Å². The van der Waals surface area contributed by atoms with E-state index >= 15 is 0 Å². The second kappa shape index (κ2) is 5.61. The largest absolute Gasteiger partial charge is 0.360 e. The number of amides is 1. The molecule has 0 radical (unpaired) electrons. The molecule has 3 aromatic heterocycles. The van der Waals surface area contributed by atoms with Crippen LogP contribution in [-0.2, 0) is 4.79 Å². The van der Waals surface area contributed by atoms with Crippen molar-refractivity contribution in [1.82, 2.24) is 14.5 Å².